The van der Waals surface area contributed by atoms with Crippen LogP contribution in [-0.4, -0.2) is 18.8 Å². The minimum Gasteiger partial charge on any atom is -0.497 e. The van der Waals surface area contributed by atoms with Crippen molar-refractivity contribution in [3.63, 3.8) is 0 Å². The zero-order valence-electron chi connectivity index (χ0n) is 12.0. The highest BCUT2D eigenvalue weighted by atomic mass is 16.5. The molecule has 108 valence electrons. The van der Waals surface area contributed by atoms with Crippen molar-refractivity contribution in [2.75, 3.05) is 13.7 Å². The van der Waals surface area contributed by atoms with Crippen molar-refractivity contribution in [3.8, 4) is 17.6 Å². The zero-order chi connectivity index (χ0) is 15.2. The van der Waals surface area contributed by atoms with Gasteiger partial charge < -0.3 is 14.6 Å². The average molecular weight is 283 g/mol. The van der Waals surface area contributed by atoms with Crippen molar-refractivity contribution in [1.29, 1.82) is 5.26 Å². The summed E-state index contributed by atoms with van der Waals surface area (Å²) in [5, 5.41) is 19.1. The molecule has 1 atom stereocenters. The van der Waals surface area contributed by atoms with Crippen LogP contribution in [0.25, 0.3) is 0 Å². The zero-order valence-corrected chi connectivity index (χ0v) is 12.0. The molecule has 1 N–H and O–H groups in total. The Balaban J connectivity index is 2.07. The predicted molar refractivity (Wildman–Crippen MR) is 79.3 cm³/mol. The Bertz CT molecular complexity index is 661. The van der Waals surface area contributed by atoms with E-state index < -0.39 is 6.10 Å². The lowest BCUT2D eigenvalue weighted by Gasteiger charge is -2.15. The number of hydrogen-bond donors (Lipinski definition) is 1. The molecule has 4 heteroatoms. The number of rotatable bonds is 5. The van der Waals surface area contributed by atoms with E-state index in [-0.39, 0.29) is 6.61 Å². The van der Waals surface area contributed by atoms with Crippen molar-refractivity contribution >= 4 is 0 Å². The normalized spacial score (nSPS) is 11.5. The number of nitriles is 1. The van der Waals surface area contributed by atoms with Gasteiger partial charge in [0.05, 0.1) is 18.7 Å². The standard InChI is InChI=1S/C17H17NO3/c1-12-6-7-13(10-18)8-17(12)21-11-16(19)14-4-3-5-15(9-14)20-2/h3-9,16,19H,11H2,1-2H3. The lowest BCUT2D eigenvalue weighted by atomic mass is 10.1. The molecule has 0 saturated carbocycles. The van der Waals surface area contributed by atoms with Gasteiger partial charge in [-0.25, -0.2) is 0 Å². The van der Waals surface area contributed by atoms with E-state index in [0.717, 1.165) is 11.1 Å². The summed E-state index contributed by atoms with van der Waals surface area (Å²) in [6, 6.07) is 14.5. The molecule has 0 aliphatic carbocycles. The van der Waals surface area contributed by atoms with Crippen molar-refractivity contribution in [3.05, 3.63) is 59.2 Å². The smallest absolute Gasteiger partial charge is 0.123 e. The Hall–Kier alpha value is -2.51. The third-order valence-corrected chi connectivity index (χ3v) is 3.19. The quantitative estimate of drug-likeness (QED) is 0.916. The summed E-state index contributed by atoms with van der Waals surface area (Å²) in [5.74, 6) is 1.30. The van der Waals surface area contributed by atoms with Gasteiger partial charge >= 0.3 is 0 Å². The van der Waals surface area contributed by atoms with Gasteiger partial charge in [0.2, 0.25) is 0 Å². The topological polar surface area (TPSA) is 62.5 Å². The van der Waals surface area contributed by atoms with Gasteiger partial charge in [0, 0.05) is 0 Å². The monoisotopic (exact) mass is 283 g/mol. The van der Waals surface area contributed by atoms with Gasteiger partial charge in [-0.15, -0.1) is 0 Å². The second kappa shape index (κ2) is 6.78. The number of aliphatic hydroxyl groups is 1. The molecule has 0 aliphatic heterocycles. The fourth-order valence-electron chi connectivity index (χ4n) is 1.94. The molecular formula is C17H17NO3. The van der Waals surface area contributed by atoms with E-state index in [0.29, 0.717) is 17.1 Å². The molecule has 0 spiro atoms. The number of ether oxygens (including phenoxy) is 2. The lowest BCUT2D eigenvalue weighted by molar-refractivity contribution is 0.107. The first-order valence-electron chi connectivity index (χ1n) is 6.59. The molecule has 21 heavy (non-hydrogen) atoms. The Kier molecular flexibility index (Phi) is 4.81. The van der Waals surface area contributed by atoms with Crippen LogP contribution < -0.4 is 9.47 Å². The van der Waals surface area contributed by atoms with Gasteiger partial charge in [0.15, 0.2) is 0 Å². The van der Waals surface area contributed by atoms with E-state index in [1.807, 2.05) is 31.2 Å². The molecule has 2 aromatic rings. The van der Waals surface area contributed by atoms with Crippen LogP contribution in [-0.2, 0) is 0 Å². The minimum absolute atomic E-state index is 0.114. The first-order valence-corrected chi connectivity index (χ1v) is 6.59. The van der Waals surface area contributed by atoms with E-state index in [9.17, 15) is 5.11 Å². The van der Waals surface area contributed by atoms with Crippen LogP contribution in [0.1, 0.15) is 22.8 Å². The summed E-state index contributed by atoms with van der Waals surface area (Å²) in [6.45, 7) is 2.01. The van der Waals surface area contributed by atoms with Crippen molar-refractivity contribution in [2.45, 2.75) is 13.0 Å². The highest BCUT2D eigenvalue weighted by molar-refractivity contribution is 5.41. The summed E-state index contributed by atoms with van der Waals surface area (Å²) in [7, 11) is 1.58. The average Bonchev–Trinajstić information content (AvgIpc) is 2.53. The maximum Gasteiger partial charge on any atom is 0.123 e. The molecule has 2 rings (SSSR count). The van der Waals surface area contributed by atoms with E-state index in [4.69, 9.17) is 14.7 Å². The minimum atomic E-state index is -0.759. The number of methoxy groups -OCH3 is 1. The summed E-state index contributed by atoms with van der Waals surface area (Å²) in [6.07, 6.45) is -0.759. The van der Waals surface area contributed by atoms with Crippen LogP contribution in [0.3, 0.4) is 0 Å². The molecule has 0 fully saturated rings. The van der Waals surface area contributed by atoms with Gasteiger partial charge in [-0.05, 0) is 42.3 Å². The Labute approximate surface area is 124 Å². The molecule has 0 bridgehead atoms. The molecule has 0 saturated heterocycles. The van der Waals surface area contributed by atoms with Gasteiger partial charge in [-0.2, -0.15) is 5.26 Å². The van der Waals surface area contributed by atoms with Crippen LogP contribution >= 0.6 is 0 Å². The number of aliphatic hydroxyl groups excluding tert-OH is 1. The maximum absolute atomic E-state index is 10.2. The third kappa shape index (κ3) is 3.74. The Morgan fingerprint density at radius 3 is 2.76 bits per heavy atom. The van der Waals surface area contributed by atoms with Gasteiger partial charge in [-0.1, -0.05) is 18.2 Å². The van der Waals surface area contributed by atoms with Crippen LogP contribution in [0.2, 0.25) is 0 Å². The third-order valence-electron chi connectivity index (χ3n) is 3.19. The molecule has 0 amide bonds. The van der Waals surface area contributed by atoms with Crippen LogP contribution in [0.15, 0.2) is 42.5 Å². The second-order valence-electron chi connectivity index (χ2n) is 4.70. The van der Waals surface area contributed by atoms with E-state index >= 15 is 0 Å². The van der Waals surface area contributed by atoms with E-state index in [1.54, 1.807) is 25.3 Å². The van der Waals surface area contributed by atoms with E-state index in [2.05, 4.69) is 6.07 Å². The van der Waals surface area contributed by atoms with Gasteiger partial charge in [0.1, 0.15) is 24.2 Å². The molecule has 0 radical (unpaired) electrons. The Morgan fingerprint density at radius 1 is 1.24 bits per heavy atom. The largest absolute Gasteiger partial charge is 0.497 e. The van der Waals surface area contributed by atoms with Gasteiger partial charge in [0.25, 0.3) is 0 Å². The van der Waals surface area contributed by atoms with Crippen molar-refractivity contribution in [2.24, 2.45) is 0 Å². The second-order valence-corrected chi connectivity index (χ2v) is 4.70. The summed E-state index contributed by atoms with van der Waals surface area (Å²) < 4.78 is 10.8. The highest BCUT2D eigenvalue weighted by Crippen LogP contribution is 2.23. The molecule has 1 unspecified atom stereocenters. The number of nitrogens with zero attached hydrogens (tertiary/aromatic N) is 1. The number of aryl methyl sites for hydroxylation is 1. The molecule has 0 aromatic heterocycles. The molecule has 0 heterocycles. The molecular weight excluding hydrogens is 266 g/mol. The van der Waals surface area contributed by atoms with Crippen LogP contribution in [0.4, 0.5) is 0 Å². The van der Waals surface area contributed by atoms with Crippen molar-refractivity contribution < 1.29 is 14.6 Å². The van der Waals surface area contributed by atoms with E-state index in [1.165, 1.54) is 0 Å². The lowest BCUT2D eigenvalue weighted by Crippen LogP contribution is -2.10. The molecule has 2 aromatic carbocycles. The highest BCUT2D eigenvalue weighted by Gasteiger charge is 2.10. The number of benzene rings is 2. The molecule has 0 aliphatic rings. The fraction of sp³-hybridized carbons (Fsp3) is 0.235. The molecule has 4 nitrogen and oxygen atoms in total. The van der Waals surface area contributed by atoms with Crippen LogP contribution in [0.5, 0.6) is 11.5 Å². The van der Waals surface area contributed by atoms with Gasteiger partial charge in [-0.3, -0.25) is 0 Å². The van der Waals surface area contributed by atoms with Crippen molar-refractivity contribution in [1.82, 2.24) is 0 Å². The number of hydrogen-bond acceptors (Lipinski definition) is 4. The summed E-state index contributed by atoms with van der Waals surface area (Å²) >= 11 is 0. The Morgan fingerprint density at radius 2 is 2.05 bits per heavy atom. The summed E-state index contributed by atoms with van der Waals surface area (Å²) in [5.41, 5.74) is 2.18. The first kappa shape index (κ1) is 14.9. The summed E-state index contributed by atoms with van der Waals surface area (Å²) in [4.78, 5) is 0. The fourth-order valence-corrected chi connectivity index (χ4v) is 1.94. The van der Waals surface area contributed by atoms with Crippen LogP contribution in [0, 0.1) is 18.3 Å². The predicted octanol–water partition coefficient (Wildman–Crippen LogP) is 2.99. The first-order chi connectivity index (χ1) is 10.1. The SMILES string of the molecule is COc1cccc(C(O)COc2cc(C#N)ccc2C)c1. The maximum atomic E-state index is 10.2.